The lowest BCUT2D eigenvalue weighted by Crippen LogP contribution is -2.04. The van der Waals surface area contributed by atoms with Crippen LogP contribution >= 0.6 is 12.3 Å². The molecule has 0 aromatic carbocycles. The molecule has 1 heterocycles. The average molecular weight is 131 g/mol. The second kappa shape index (κ2) is 1.90. The zero-order valence-corrected chi connectivity index (χ0v) is 5.24. The Morgan fingerprint density at radius 1 is 1.62 bits per heavy atom. The normalized spacial score (nSPS) is 38.2. The monoisotopic (exact) mass is 131 g/mol. The molecule has 0 aromatic rings. The van der Waals surface area contributed by atoms with Crippen molar-refractivity contribution in [3.63, 3.8) is 0 Å². The van der Waals surface area contributed by atoms with Gasteiger partial charge in [0.1, 0.15) is 12.2 Å². The Kier molecular flexibility index (Phi) is 1.21. The predicted octanol–water partition coefficient (Wildman–Crippen LogP) is 1.68. The Morgan fingerprint density at radius 3 is 3.50 bits per heavy atom. The first-order valence-corrected chi connectivity index (χ1v) is 3.49. The SMILES string of the molecule is C1C[C]2OSOC2C1. The fourth-order valence-corrected chi connectivity index (χ4v) is 1.71. The van der Waals surface area contributed by atoms with E-state index in [1.807, 2.05) is 0 Å². The molecule has 1 aliphatic carbocycles. The summed E-state index contributed by atoms with van der Waals surface area (Å²) in [5.74, 6) is 0. The van der Waals surface area contributed by atoms with Gasteiger partial charge in [-0.25, -0.2) is 0 Å². The lowest BCUT2D eigenvalue weighted by molar-refractivity contribution is 0.265. The summed E-state index contributed by atoms with van der Waals surface area (Å²) in [6.07, 6.45) is 4.98. The molecule has 0 amide bonds. The molecule has 0 aromatic heterocycles. The summed E-state index contributed by atoms with van der Waals surface area (Å²) in [6.45, 7) is 0. The highest BCUT2D eigenvalue weighted by atomic mass is 32.2. The summed E-state index contributed by atoms with van der Waals surface area (Å²) >= 11 is 1.13. The standard InChI is InChI=1S/C5H7O2S/c1-2-4-5(3-1)7-8-6-4/h4H,1-3H2. The first-order chi connectivity index (χ1) is 3.97. The molecular weight excluding hydrogens is 124 g/mol. The van der Waals surface area contributed by atoms with Gasteiger partial charge in [0.05, 0.1) is 0 Å². The van der Waals surface area contributed by atoms with Crippen molar-refractivity contribution in [3.8, 4) is 0 Å². The topological polar surface area (TPSA) is 18.5 Å². The van der Waals surface area contributed by atoms with Gasteiger partial charge in [-0.15, -0.1) is 0 Å². The zero-order valence-electron chi connectivity index (χ0n) is 4.42. The molecule has 0 bridgehead atoms. The number of rotatable bonds is 0. The number of hydrogen-bond acceptors (Lipinski definition) is 3. The molecule has 1 aliphatic heterocycles. The average Bonchev–Trinajstić information content (AvgIpc) is 2.15. The Morgan fingerprint density at radius 2 is 2.62 bits per heavy atom. The Hall–Kier alpha value is 0.270. The minimum atomic E-state index is 0.333. The maximum atomic E-state index is 5.13. The molecule has 2 aliphatic rings. The number of fused-ring (bicyclic) bond motifs is 1. The van der Waals surface area contributed by atoms with Crippen LogP contribution in [0.25, 0.3) is 0 Å². The summed E-state index contributed by atoms with van der Waals surface area (Å²) in [5.41, 5.74) is 0. The fraction of sp³-hybridized carbons (Fsp3) is 0.800. The number of hydrogen-bond donors (Lipinski definition) is 0. The van der Waals surface area contributed by atoms with E-state index < -0.39 is 0 Å². The zero-order chi connectivity index (χ0) is 5.40. The quantitative estimate of drug-likeness (QED) is 0.466. The Bertz CT molecular complexity index is 76.4. The van der Waals surface area contributed by atoms with E-state index in [1.165, 1.54) is 6.42 Å². The maximum absolute atomic E-state index is 5.13. The van der Waals surface area contributed by atoms with Crippen LogP contribution in [0, 0.1) is 6.10 Å². The van der Waals surface area contributed by atoms with Crippen LogP contribution in [-0.2, 0) is 8.37 Å². The first-order valence-electron chi connectivity index (χ1n) is 2.82. The van der Waals surface area contributed by atoms with E-state index in [0.29, 0.717) is 6.10 Å². The predicted molar refractivity (Wildman–Crippen MR) is 30.6 cm³/mol. The van der Waals surface area contributed by atoms with E-state index >= 15 is 0 Å². The highest BCUT2D eigenvalue weighted by Crippen LogP contribution is 2.42. The van der Waals surface area contributed by atoms with Gasteiger partial charge in [-0.2, -0.15) is 0 Å². The summed E-state index contributed by atoms with van der Waals surface area (Å²) in [4.78, 5) is 0. The molecule has 1 unspecified atom stereocenters. The van der Waals surface area contributed by atoms with Crippen LogP contribution < -0.4 is 0 Å². The van der Waals surface area contributed by atoms with Gasteiger partial charge < -0.3 is 0 Å². The highest BCUT2D eigenvalue weighted by Gasteiger charge is 2.36. The van der Waals surface area contributed by atoms with E-state index in [0.717, 1.165) is 31.3 Å². The van der Waals surface area contributed by atoms with Gasteiger partial charge in [-0.05, 0) is 19.3 Å². The van der Waals surface area contributed by atoms with Crippen LogP contribution in [0.5, 0.6) is 0 Å². The molecule has 3 heteroatoms. The smallest absolute Gasteiger partial charge is 0.159 e. The van der Waals surface area contributed by atoms with Crippen LogP contribution in [0.3, 0.4) is 0 Å². The lowest BCUT2D eigenvalue weighted by Gasteiger charge is -1.97. The van der Waals surface area contributed by atoms with E-state index in [1.54, 1.807) is 0 Å². The second-order valence-corrected chi connectivity index (χ2v) is 2.59. The molecule has 1 atom stereocenters. The molecule has 2 fully saturated rings. The van der Waals surface area contributed by atoms with Crippen molar-refractivity contribution >= 4 is 12.3 Å². The van der Waals surface area contributed by atoms with Crippen molar-refractivity contribution in [3.05, 3.63) is 6.10 Å². The van der Waals surface area contributed by atoms with Crippen molar-refractivity contribution in [2.24, 2.45) is 0 Å². The third-order valence-corrected chi connectivity index (χ3v) is 2.14. The summed E-state index contributed by atoms with van der Waals surface area (Å²) in [6, 6.07) is 0. The fourth-order valence-electron chi connectivity index (χ4n) is 1.09. The van der Waals surface area contributed by atoms with Gasteiger partial charge in [-0.1, -0.05) is 0 Å². The lowest BCUT2D eigenvalue weighted by atomic mass is 10.3. The van der Waals surface area contributed by atoms with E-state index in [9.17, 15) is 0 Å². The van der Waals surface area contributed by atoms with Crippen LogP contribution in [0.4, 0.5) is 0 Å². The molecule has 45 valence electrons. The van der Waals surface area contributed by atoms with Gasteiger partial charge in [0.2, 0.25) is 0 Å². The highest BCUT2D eigenvalue weighted by molar-refractivity contribution is 7.90. The van der Waals surface area contributed by atoms with E-state index in [2.05, 4.69) is 0 Å². The van der Waals surface area contributed by atoms with Gasteiger partial charge in [0.25, 0.3) is 0 Å². The van der Waals surface area contributed by atoms with Crippen molar-refractivity contribution in [2.45, 2.75) is 25.4 Å². The van der Waals surface area contributed by atoms with Crippen molar-refractivity contribution in [1.82, 2.24) is 0 Å². The van der Waals surface area contributed by atoms with Crippen LogP contribution in [0.2, 0.25) is 0 Å². The molecule has 1 radical (unpaired) electrons. The van der Waals surface area contributed by atoms with Crippen molar-refractivity contribution in [2.75, 3.05) is 0 Å². The Balaban J connectivity index is 2.04. The molecule has 0 spiro atoms. The van der Waals surface area contributed by atoms with E-state index in [4.69, 9.17) is 8.37 Å². The van der Waals surface area contributed by atoms with Crippen LogP contribution in [-0.4, -0.2) is 6.10 Å². The summed E-state index contributed by atoms with van der Waals surface area (Å²) in [5, 5.41) is 0. The van der Waals surface area contributed by atoms with Gasteiger partial charge in [0, 0.05) is 0 Å². The maximum Gasteiger partial charge on any atom is 0.159 e. The molecule has 1 saturated carbocycles. The first kappa shape index (κ1) is 5.09. The van der Waals surface area contributed by atoms with Gasteiger partial charge in [-0.3, -0.25) is 8.37 Å². The molecule has 8 heavy (non-hydrogen) atoms. The summed E-state index contributed by atoms with van der Waals surface area (Å²) < 4.78 is 10.2. The molecular formula is C5H7O2S. The molecule has 2 rings (SSSR count). The van der Waals surface area contributed by atoms with E-state index in [-0.39, 0.29) is 0 Å². The molecule has 2 nitrogen and oxygen atoms in total. The third kappa shape index (κ3) is 0.658. The third-order valence-electron chi connectivity index (χ3n) is 1.55. The van der Waals surface area contributed by atoms with Crippen LogP contribution in [0.15, 0.2) is 0 Å². The Labute approximate surface area is 53.0 Å². The van der Waals surface area contributed by atoms with Gasteiger partial charge >= 0.3 is 0 Å². The second-order valence-electron chi connectivity index (χ2n) is 2.09. The molecule has 1 saturated heterocycles. The van der Waals surface area contributed by atoms with Crippen LogP contribution in [0.1, 0.15) is 19.3 Å². The molecule has 0 N–H and O–H groups in total. The minimum Gasteiger partial charge on any atom is -0.285 e. The van der Waals surface area contributed by atoms with Crippen molar-refractivity contribution < 1.29 is 8.37 Å². The minimum absolute atomic E-state index is 0.333. The largest absolute Gasteiger partial charge is 0.285 e. The van der Waals surface area contributed by atoms with Crippen molar-refractivity contribution in [1.29, 1.82) is 0 Å². The van der Waals surface area contributed by atoms with Gasteiger partial charge in [0.15, 0.2) is 12.3 Å². The summed E-state index contributed by atoms with van der Waals surface area (Å²) in [7, 11) is 0.